The molecule has 0 saturated heterocycles. The second-order valence-electron chi connectivity index (χ2n) is 5.34. The summed E-state index contributed by atoms with van der Waals surface area (Å²) in [5.74, 6) is 0.633. The number of methoxy groups -OCH3 is 1. The minimum absolute atomic E-state index is 0.195. The van der Waals surface area contributed by atoms with E-state index in [0.29, 0.717) is 4.67 Å². The van der Waals surface area contributed by atoms with Crippen LogP contribution in [0, 0.1) is 0 Å². The number of furan rings is 1. The highest BCUT2D eigenvalue weighted by molar-refractivity contribution is 9.10. The highest BCUT2D eigenvalue weighted by Crippen LogP contribution is 2.21. The smallest absolute Gasteiger partial charge is 0.307 e. The summed E-state index contributed by atoms with van der Waals surface area (Å²) in [5.41, 5.74) is 4.40. The zero-order valence-electron chi connectivity index (χ0n) is 14.6. The number of nitrogens with one attached hydrogen (secondary N) is 1. The number of carbonyl (C=O) groups excluding carboxylic acids is 1. The fraction of sp³-hybridized carbons (Fsp3) is 0.333. The molecule has 0 atom stereocenters. The van der Waals surface area contributed by atoms with Crippen molar-refractivity contribution < 1.29 is 13.9 Å². The molecule has 0 spiro atoms. The van der Waals surface area contributed by atoms with Crippen LogP contribution in [0.15, 0.2) is 44.5 Å². The van der Waals surface area contributed by atoms with E-state index in [2.05, 4.69) is 45.2 Å². The molecular weight excluding hydrogens is 386 g/mol. The quantitative estimate of drug-likeness (QED) is 0.535. The topological polar surface area (TPSA) is 67.1 Å². The van der Waals surface area contributed by atoms with Crippen molar-refractivity contribution in [1.29, 1.82) is 0 Å². The number of amides is 1. The number of hydrogen-bond acceptors (Lipinski definition) is 5. The van der Waals surface area contributed by atoms with E-state index in [1.807, 2.05) is 18.2 Å². The summed E-state index contributed by atoms with van der Waals surface area (Å²) >= 11 is 3.16. The van der Waals surface area contributed by atoms with Gasteiger partial charge >= 0.3 is 5.91 Å². The summed E-state index contributed by atoms with van der Waals surface area (Å²) in [5, 5.41) is 3.99. The maximum absolute atomic E-state index is 11.9. The van der Waals surface area contributed by atoms with Crippen molar-refractivity contribution in [2.24, 2.45) is 5.10 Å². The number of halogens is 1. The van der Waals surface area contributed by atoms with Crippen molar-refractivity contribution in [1.82, 2.24) is 10.3 Å². The standard InChI is InChI=1S/C18H22BrN3O3/c1-4-22(5-2)12-14-10-13(6-7-15(14)24-3)11-20-21-18(23)16-8-9-17(19)25-16/h6-11H,4-5,12H2,1-3H3,(H,21,23)/b20-11-. The van der Waals surface area contributed by atoms with E-state index in [4.69, 9.17) is 9.15 Å². The molecule has 0 aliphatic rings. The lowest BCUT2D eigenvalue weighted by Crippen LogP contribution is -2.22. The molecular formula is C18H22BrN3O3. The van der Waals surface area contributed by atoms with Crippen molar-refractivity contribution in [3.63, 3.8) is 0 Å². The zero-order valence-corrected chi connectivity index (χ0v) is 16.2. The Hall–Kier alpha value is -2.12. The van der Waals surface area contributed by atoms with Crippen molar-refractivity contribution in [3.8, 4) is 5.75 Å². The Labute approximate surface area is 156 Å². The number of rotatable bonds is 8. The first kappa shape index (κ1) is 19.2. The molecule has 0 unspecified atom stereocenters. The van der Waals surface area contributed by atoms with Gasteiger partial charge in [-0.1, -0.05) is 13.8 Å². The average molecular weight is 408 g/mol. The second-order valence-corrected chi connectivity index (χ2v) is 6.12. The SMILES string of the molecule is CCN(CC)Cc1cc(/C=N\NC(=O)c2ccc(Br)o2)ccc1OC. The lowest BCUT2D eigenvalue weighted by Gasteiger charge is -2.19. The lowest BCUT2D eigenvalue weighted by atomic mass is 10.1. The highest BCUT2D eigenvalue weighted by Gasteiger charge is 2.10. The van der Waals surface area contributed by atoms with Gasteiger partial charge in [0.15, 0.2) is 10.4 Å². The molecule has 25 heavy (non-hydrogen) atoms. The van der Waals surface area contributed by atoms with Crippen LogP contribution < -0.4 is 10.2 Å². The molecule has 1 amide bonds. The Bertz CT molecular complexity index is 739. The molecule has 0 aliphatic heterocycles. The molecule has 1 N–H and O–H groups in total. The Morgan fingerprint density at radius 3 is 2.68 bits per heavy atom. The largest absolute Gasteiger partial charge is 0.496 e. The van der Waals surface area contributed by atoms with Gasteiger partial charge in [0.25, 0.3) is 0 Å². The number of hydrazone groups is 1. The minimum Gasteiger partial charge on any atom is -0.496 e. The van der Waals surface area contributed by atoms with Gasteiger partial charge in [-0.15, -0.1) is 0 Å². The predicted octanol–water partition coefficient (Wildman–Crippen LogP) is 3.66. The molecule has 0 bridgehead atoms. The van der Waals surface area contributed by atoms with Crippen LogP contribution in [0.5, 0.6) is 5.75 Å². The van der Waals surface area contributed by atoms with E-state index >= 15 is 0 Å². The molecule has 0 saturated carbocycles. The Morgan fingerprint density at radius 1 is 1.32 bits per heavy atom. The predicted molar refractivity (Wildman–Crippen MR) is 101 cm³/mol. The van der Waals surface area contributed by atoms with Crippen LogP contribution in [0.2, 0.25) is 0 Å². The van der Waals surface area contributed by atoms with Gasteiger partial charge in [0.2, 0.25) is 0 Å². The van der Waals surface area contributed by atoms with Crippen LogP contribution in [0.3, 0.4) is 0 Å². The van der Waals surface area contributed by atoms with Crippen molar-refractivity contribution in [3.05, 3.63) is 51.9 Å². The average Bonchev–Trinajstić information content (AvgIpc) is 3.06. The molecule has 6 nitrogen and oxygen atoms in total. The normalized spacial score (nSPS) is 11.2. The zero-order chi connectivity index (χ0) is 18.2. The van der Waals surface area contributed by atoms with E-state index in [1.54, 1.807) is 25.5 Å². The van der Waals surface area contributed by atoms with Crippen molar-refractivity contribution in [2.75, 3.05) is 20.2 Å². The van der Waals surface area contributed by atoms with Crippen LogP contribution >= 0.6 is 15.9 Å². The Balaban J connectivity index is 2.07. The van der Waals surface area contributed by atoms with E-state index in [1.165, 1.54) is 0 Å². The minimum atomic E-state index is -0.404. The molecule has 0 radical (unpaired) electrons. The number of ether oxygens (including phenoxy) is 1. The highest BCUT2D eigenvalue weighted by atomic mass is 79.9. The first-order valence-electron chi connectivity index (χ1n) is 8.05. The molecule has 7 heteroatoms. The summed E-state index contributed by atoms with van der Waals surface area (Å²) < 4.78 is 11.1. The number of carbonyl (C=O) groups is 1. The van der Waals surface area contributed by atoms with Gasteiger partial charge < -0.3 is 9.15 Å². The number of benzene rings is 1. The van der Waals surface area contributed by atoms with E-state index < -0.39 is 5.91 Å². The monoisotopic (exact) mass is 407 g/mol. The Kier molecular flexibility index (Phi) is 7.21. The molecule has 1 heterocycles. The fourth-order valence-electron chi connectivity index (χ4n) is 2.35. The molecule has 2 aromatic rings. The summed E-state index contributed by atoms with van der Waals surface area (Å²) in [6.07, 6.45) is 1.60. The van der Waals surface area contributed by atoms with Gasteiger partial charge in [-0.25, -0.2) is 5.43 Å². The van der Waals surface area contributed by atoms with E-state index in [9.17, 15) is 4.79 Å². The molecule has 1 aromatic carbocycles. The van der Waals surface area contributed by atoms with Crippen molar-refractivity contribution >= 4 is 28.1 Å². The third-order valence-corrected chi connectivity index (χ3v) is 4.20. The van der Waals surface area contributed by atoms with Gasteiger partial charge in [-0.05, 0) is 64.9 Å². The van der Waals surface area contributed by atoms with Crippen LogP contribution in [-0.4, -0.2) is 37.2 Å². The van der Waals surface area contributed by atoms with Crippen LogP contribution in [0.25, 0.3) is 0 Å². The number of nitrogens with zero attached hydrogens (tertiary/aromatic N) is 2. The molecule has 2 rings (SSSR count). The molecule has 134 valence electrons. The Morgan fingerprint density at radius 2 is 2.08 bits per heavy atom. The van der Waals surface area contributed by atoms with E-state index in [-0.39, 0.29) is 5.76 Å². The van der Waals surface area contributed by atoms with Gasteiger partial charge in [-0.2, -0.15) is 5.10 Å². The van der Waals surface area contributed by atoms with Crippen LogP contribution in [0.1, 0.15) is 35.5 Å². The van der Waals surface area contributed by atoms with Gasteiger partial charge in [0.1, 0.15) is 5.75 Å². The molecule has 0 aliphatic carbocycles. The maximum atomic E-state index is 11.9. The van der Waals surface area contributed by atoms with Crippen LogP contribution in [0.4, 0.5) is 0 Å². The summed E-state index contributed by atoms with van der Waals surface area (Å²) in [4.78, 5) is 14.2. The van der Waals surface area contributed by atoms with Gasteiger partial charge in [0, 0.05) is 12.1 Å². The van der Waals surface area contributed by atoms with Crippen LogP contribution in [-0.2, 0) is 6.54 Å². The second kappa shape index (κ2) is 9.39. The number of hydrogen-bond donors (Lipinski definition) is 1. The molecule has 1 aromatic heterocycles. The first-order chi connectivity index (χ1) is 12.1. The van der Waals surface area contributed by atoms with Gasteiger partial charge in [0.05, 0.1) is 13.3 Å². The molecule has 0 fully saturated rings. The third-order valence-electron chi connectivity index (χ3n) is 3.77. The first-order valence-corrected chi connectivity index (χ1v) is 8.84. The van der Waals surface area contributed by atoms with Crippen molar-refractivity contribution in [2.45, 2.75) is 20.4 Å². The fourth-order valence-corrected chi connectivity index (χ4v) is 2.65. The summed E-state index contributed by atoms with van der Waals surface area (Å²) in [7, 11) is 1.66. The van der Waals surface area contributed by atoms with Gasteiger partial charge in [-0.3, -0.25) is 9.69 Å². The summed E-state index contributed by atoms with van der Waals surface area (Å²) in [6, 6.07) is 9.04. The third kappa shape index (κ3) is 5.44. The van der Waals surface area contributed by atoms with E-state index in [0.717, 1.165) is 36.5 Å². The maximum Gasteiger partial charge on any atom is 0.307 e. The lowest BCUT2D eigenvalue weighted by molar-refractivity contribution is 0.0926. The summed E-state index contributed by atoms with van der Waals surface area (Å²) in [6.45, 7) is 6.98.